The van der Waals surface area contributed by atoms with E-state index in [-0.39, 0.29) is 5.91 Å². The van der Waals surface area contributed by atoms with Crippen molar-refractivity contribution in [1.29, 1.82) is 0 Å². The maximum absolute atomic E-state index is 13.1. The summed E-state index contributed by atoms with van der Waals surface area (Å²) in [4.78, 5) is 15.9. The molecule has 1 aliphatic heterocycles. The van der Waals surface area contributed by atoms with Gasteiger partial charge in [-0.1, -0.05) is 11.3 Å². The van der Waals surface area contributed by atoms with E-state index in [9.17, 15) is 13.6 Å². The van der Waals surface area contributed by atoms with Gasteiger partial charge in [0.25, 0.3) is 5.91 Å². The number of halogens is 2. The number of rotatable bonds is 2. The molecule has 0 aliphatic carbocycles. The number of benzene rings is 1. The lowest BCUT2D eigenvalue weighted by atomic mass is 10.2. The predicted molar refractivity (Wildman–Crippen MR) is 67.1 cm³/mol. The van der Waals surface area contributed by atoms with Crippen molar-refractivity contribution in [3.8, 4) is 0 Å². The molecule has 19 heavy (non-hydrogen) atoms. The van der Waals surface area contributed by atoms with Gasteiger partial charge in [0.1, 0.15) is 6.10 Å². The number of nitrogens with zero attached hydrogens (tertiary/aromatic N) is 1. The number of nitrogens with one attached hydrogen (secondary N) is 1. The van der Waals surface area contributed by atoms with Gasteiger partial charge < -0.3 is 4.74 Å². The number of aromatic nitrogens is 1. The van der Waals surface area contributed by atoms with Crippen LogP contribution in [0.1, 0.15) is 12.8 Å². The maximum Gasteiger partial charge on any atom is 0.255 e. The molecule has 0 bridgehead atoms. The highest BCUT2D eigenvalue weighted by molar-refractivity contribution is 7.22. The first-order chi connectivity index (χ1) is 9.13. The van der Waals surface area contributed by atoms with Gasteiger partial charge in [0.05, 0.1) is 10.2 Å². The van der Waals surface area contributed by atoms with Gasteiger partial charge in [-0.05, 0) is 18.9 Å². The third-order valence-electron chi connectivity index (χ3n) is 2.88. The Labute approximate surface area is 111 Å². The number of thiazole rings is 1. The average Bonchev–Trinajstić information content (AvgIpc) is 2.98. The van der Waals surface area contributed by atoms with Crippen LogP contribution in [-0.2, 0) is 9.53 Å². The molecule has 7 heteroatoms. The van der Waals surface area contributed by atoms with E-state index in [1.807, 2.05) is 0 Å². The third kappa shape index (κ3) is 2.43. The quantitative estimate of drug-likeness (QED) is 0.922. The van der Waals surface area contributed by atoms with E-state index in [4.69, 9.17) is 4.74 Å². The highest BCUT2D eigenvalue weighted by Gasteiger charge is 2.24. The van der Waals surface area contributed by atoms with E-state index >= 15 is 0 Å². The van der Waals surface area contributed by atoms with Gasteiger partial charge in [0, 0.05) is 12.7 Å². The number of amides is 1. The van der Waals surface area contributed by atoms with Crippen LogP contribution in [0.4, 0.5) is 13.9 Å². The zero-order valence-corrected chi connectivity index (χ0v) is 10.6. The molecule has 2 aromatic rings. The smallest absolute Gasteiger partial charge is 0.255 e. The minimum Gasteiger partial charge on any atom is -0.368 e. The summed E-state index contributed by atoms with van der Waals surface area (Å²) >= 11 is 1.10. The Bertz CT molecular complexity index is 599. The van der Waals surface area contributed by atoms with E-state index in [0.717, 1.165) is 29.9 Å². The fourth-order valence-electron chi connectivity index (χ4n) is 1.95. The summed E-state index contributed by atoms with van der Waals surface area (Å²) in [6.07, 6.45) is 1.08. The van der Waals surface area contributed by atoms with Gasteiger partial charge >= 0.3 is 0 Å². The lowest BCUT2D eigenvalue weighted by Gasteiger charge is -2.07. The molecule has 100 valence electrons. The molecular formula is C12H10F2N2O2S. The topological polar surface area (TPSA) is 51.2 Å². The van der Waals surface area contributed by atoms with Crippen LogP contribution in [-0.4, -0.2) is 23.6 Å². The number of hydrogen-bond acceptors (Lipinski definition) is 4. The Balaban J connectivity index is 1.83. The lowest BCUT2D eigenvalue weighted by molar-refractivity contribution is -0.124. The van der Waals surface area contributed by atoms with Gasteiger partial charge in [0.15, 0.2) is 16.8 Å². The molecule has 1 atom stereocenters. The van der Waals surface area contributed by atoms with Gasteiger partial charge in [-0.25, -0.2) is 13.8 Å². The van der Waals surface area contributed by atoms with Gasteiger partial charge in [0.2, 0.25) is 0 Å². The molecule has 1 fully saturated rings. The number of fused-ring (bicyclic) bond motifs is 1. The molecule has 4 nitrogen and oxygen atoms in total. The molecule has 0 spiro atoms. The van der Waals surface area contributed by atoms with Crippen molar-refractivity contribution in [2.24, 2.45) is 0 Å². The highest BCUT2D eigenvalue weighted by Crippen LogP contribution is 2.28. The second-order valence-corrected chi connectivity index (χ2v) is 5.27. The largest absolute Gasteiger partial charge is 0.368 e. The van der Waals surface area contributed by atoms with Crippen LogP contribution in [0.25, 0.3) is 10.2 Å². The third-order valence-corrected chi connectivity index (χ3v) is 3.82. The van der Waals surface area contributed by atoms with Crippen molar-refractivity contribution in [2.75, 3.05) is 11.9 Å². The van der Waals surface area contributed by atoms with Gasteiger partial charge in [-0.15, -0.1) is 0 Å². The summed E-state index contributed by atoms with van der Waals surface area (Å²) in [5, 5.41) is 2.93. The van der Waals surface area contributed by atoms with Gasteiger partial charge in [-0.3, -0.25) is 10.1 Å². The normalized spacial score (nSPS) is 18.9. The first kappa shape index (κ1) is 12.4. The Morgan fingerprint density at radius 1 is 1.42 bits per heavy atom. The van der Waals surface area contributed by atoms with Crippen molar-refractivity contribution in [2.45, 2.75) is 18.9 Å². The highest BCUT2D eigenvalue weighted by atomic mass is 32.1. The molecule has 0 saturated carbocycles. The average molecular weight is 284 g/mol. The molecule has 1 amide bonds. The second kappa shape index (κ2) is 4.82. The zero-order chi connectivity index (χ0) is 13.4. The molecular weight excluding hydrogens is 274 g/mol. The van der Waals surface area contributed by atoms with E-state index in [1.54, 1.807) is 0 Å². The standard InChI is InChI=1S/C12H10F2N2O2S/c13-6-4-8-10(5-7(6)14)19-12(15-8)16-11(17)9-2-1-3-18-9/h4-5,9H,1-3H2,(H,15,16,17)/t9-/m0/s1. The monoisotopic (exact) mass is 284 g/mol. The summed E-state index contributed by atoms with van der Waals surface area (Å²) in [5.41, 5.74) is 0.326. The Hall–Kier alpha value is -1.60. The minimum atomic E-state index is -0.949. The zero-order valence-electron chi connectivity index (χ0n) is 9.78. The second-order valence-electron chi connectivity index (χ2n) is 4.24. The summed E-state index contributed by atoms with van der Waals surface area (Å²) in [5.74, 6) is -2.14. The molecule has 1 aromatic carbocycles. The molecule has 0 radical (unpaired) electrons. The molecule has 1 aromatic heterocycles. The van der Waals surface area contributed by atoms with Crippen molar-refractivity contribution in [3.63, 3.8) is 0 Å². The molecule has 1 aliphatic rings. The van der Waals surface area contributed by atoms with E-state index in [0.29, 0.717) is 28.4 Å². The number of carbonyl (C=O) groups is 1. The molecule has 1 saturated heterocycles. The fraction of sp³-hybridized carbons (Fsp3) is 0.333. The van der Waals surface area contributed by atoms with Gasteiger partial charge in [-0.2, -0.15) is 0 Å². The Kier molecular flexibility index (Phi) is 3.16. The molecule has 0 unspecified atom stereocenters. The van der Waals surface area contributed by atoms with Crippen molar-refractivity contribution in [3.05, 3.63) is 23.8 Å². The van der Waals surface area contributed by atoms with Crippen molar-refractivity contribution >= 4 is 32.6 Å². The van der Waals surface area contributed by atoms with Crippen molar-refractivity contribution < 1.29 is 18.3 Å². The number of ether oxygens (including phenoxy) is 1. The van der Waals surface area contributed by atoms with E-state index in [1.165, 1.54) is 0 Å². The summed E-state index contributed by atoms with van der Waals surface area (Å²) in [6.45, 7) is 0.578. The van der Waals surface area contributed by atoms with Crippen LogP contribution >= 0.6 is 11.3 Å². The van der Waals surface area contributed by atoms with Crippen LogP contribution in [0.15, 0.2) is 12.1 Å². The first-order valence-electron chi connectivity index (χ1n) is 5.81. The SMILES string of the molecule is O=C(Nc1nc2cc(F)c(F)cc2s1)[C@@H]1CCCO1. The maximum atomic E-state index is 13.1. The molecule has 3 rings (SSSR count). The number of hydrogen-bond donors (Lipinski definition) is 1. The minimum absolute atomic E-state index is 0.266. The summed E-state index contributed by atoms with van der Waals surface area (Å²) in [6, 6.07) is 2.09. The van der Waals surface area contributed by atoms with Crippen LogP contribution in [0.3, 0.4) is 0 Å². The van der Waals surface area contributed by atoms with Crippen LogP contribution in [0.5, 0.6) is 0 Å². The van der Waals surface area contributed by atoms with E-state index < -0.39 is 17.7 Å². The summed E-state index contributed by atoms with van der Waals surface area (Å²) in [7, 11) is 0. The Morgan fingerprint density at radius 3 is 2.95 bits per heavy atom. The van der Waals surface area contributed by atoms with Crippen LogP contribution in [0.2, 0.25) is 0 Å². The van der Waals surface area contributed by atoms with Crippen LogP contribution < -0.4 is 5.32 Å². The summed E-state index contributed by atoms with van der Waals surface area (Å²) < 4.78 is 31.8. The first-order valence-corrected chi connectivity index (χ1v) is 6.63. The lowest BCUT2D eigenvalue weighted by Crippen LogP contribution is -2.26. The number of carbonyl (C=O) groups excluding carboxylic acids is 1. The van der Waals surface area contributed by atoms with Crippen molar-refractivity contribution in [1.82, 2.24) is 4.98 Å². The molecule has 2 heterocycles. The van der Waals surface area contributed by atoms with E-state index in [2.05, 4.69) is 10.3 Å². The predicted octanol–water partition coefficient (Wildman–Crippen LogP) is 2.69. The Morgan fingerprint density at radius 2 is 2.21 bits per heavy atom. The fourth-order valence-corrected chi connectivity index (χ4v) is 2.82. The molecule has 1 N–H and O–H groups in total. The number of anilines is 1. The van der Waals surface area contributed by atoms with Crippen LogP contribution in [0, 0.1) is 11.6 Å².